The third kappa shape index (κ3) is 9.61. The molecule has 0 rings (SSSR count). The number of nitrogens with two attached hydrogens (primary N) is 1. The third-order valence-corrected chi connectivity index (χ3v) is 1.58. The topological polar surface area (TPSA) is 91.0 Å². The molecule has 0 aliphatic rings. The van der Waals surface area contributed by atoms with Crippen molar-refractivity contribution in [3.63, 3.8) is 0 Å². The van der Waals surface area contributed by atoms with E-state index in [0.29, 0.717) is 33.0 Å². The molecule has 90 valence electrons. The number of carboxylic acids is 1. The van der Waals surface area contributed by atoms with Gasteiger partial charge in [-0.1, -0.05) is 0 Å². The first-order valence-corrected chi connectivity index (χ1v) is 4.88. The second-order valence-electron chi connectivity index (χ2n) is 2.86. The van der Waals surface area contributed by atoms with Gasteiger partial charge in [-0.2, -0.15) is 0 Å². The summed E-state index contributed by atoms with van der Waals surface area (Å²) in [4.78, 5) is 10.3. The van der Waals surface area contributed by atoms with E-state index in [4.69, 9.17) is 25.1 Å². The van der Waals surface area contributed by atoms with Crippen molar-refractivity contribution in [2.45, 2.75) is 13.0 Å². The van der Waals surface area contributed by atoms with Gasteiger partial charge in [-0.15, -0.1) is 0 Å². The summed E-state index contributed by atoms with van der Waals surface area (Å²) in [6.07, 6.45) is -0.790. The van der Waals surface area contributed by atoms with Gasteiger partial charge in [-0.3, -0.25) is 0 Å². The van der Waals surface area contributed by atoms with E-state index in [1.807, 2.05) is 0 Å². The van der Waals surface area contributed by atoms with E-state index in [2.05, 4.69) is 0 Å². The average molecular weight is 221 g/mol. The molecule has 0 aromatic carbocycles. The lowest BCUT2D eigenvalue weighted by molar-refractivity contribution is -0.150. The van der Waals surface area contributed by atoms with E-state index in [-0.39, 0.29) is 6.61 Å². The molecule has 15 heavy (non-hydrogen) atoms. The third-order valence-electron chi connectivity index (χ3n) is 1.58. The molecular formula is C9H19NO5. The van der Waals surface area contributed by atoms with Crippen molar-refractivity contribution in [3.05, 3.63) is 0 Å². The minimum absolute atomic E-state index is 0.268. The Labute approximate surface area is 89.3 Å². The van der Waals surface area contributed by atoms with Gasteiger partial charge in [0.1, 0.15) is 0 Å². The highest BCUT2D eigenvalue weighted by Gasteiger charge is 2.09. The molecule has 0 fully saturated rings. The lowest BCUT2D eigenvalue weighted by Crippen LogP contribution is -2.22. The second kappa shape index (κ2) is 9.85. The Hall–Kier alpha value is -0.690. The monoisotopic (exact) mass is 221 g/mol. The van der Waals surface area contributed by atoms with Gasteiger partial charge >= 0.3 is 5.97 Å². The Morgan fingerprint density at radius 3 is 2.27 bits per heavy atom. The van der Waals surface area contributed by atoms with Crippen LogP contribution in [0.2, 0.25) is 0 Å². The van der Waals surface area contributed by atoms with Crippen LogP contribution >= 0.6 is 0 Å². The number of ether oxygens (including phenoxy) is 3. The highest BCUT2D eigenvalue weighted by Crippen LogP contribution is 1.90. The smallest absolute Gasteiger partial charge is 0.332 e. The molecule has 0 saturated carbocycles. The normalized spacial score (nSPS) is 12.7. The zero-order valence-corrected chi connectivity index (χ0v) is 8.98. The fraction of sp³-hybridized carbons (Fsp3) is 0.889. The van der Waals surface area contributed by atoms with Crippen molar-refractivity contribution in [1.82, 2.24) is 0 Å². The lowest BCUT2D eigenvalue weighted by Gasteiger charge is -2.08. The molecule has 0 heterocycles. The van der Waals surface area contributed by atoms with Crippen LogP contribution in [0, 0.1) is 0 Å². The Morgan fingerprint density at radius 2 is 1.73 bits per heavy atom. The van der Waals surface area contributed by atoms with Crippen LogP contribution < -0.4 is 5.73 Å². The largest absolute Gasteiger partial charge is 0.479 e. The van der Waals surface area contributed by atoms with Crippen LogP contribution in [-0.4, -0.2) is 56.8 Å². The van der Waals surface area contributed by atoms with Crippen LogP contribution in [0.25, 0.3) is 0 Å². The van der Waals surface area contributed by atoms with Gasteiger partial charge < -0.3 is 25.1 Å². The molecule has 0 unspecified atom stereocenters. The second-order valence-corrected chi connectivity index (χ2v) is 2.86. The van der Waals surface area contributed by atoms with Crippen molar-refractivity contribution in [1.29, 1.82) is 0 Å². The molecule has 0 spiro atoms. The summed E-state index contributed by atoms with van der Waals surface area (Å²) < 4.78 is 15.1. The van der Waals surface area contributed by atoms with Gasteiger partial charge in [-0.25, -0.2) is 4.79 Å². The van der Waals surface area contributed by atoms with Gasteiger partial charge in [0.15, 0.2) is 6.10 Å². The van der Waals surface area contributed by atoms with Crippen molar-refractivity contribution < 1.29 is 24.1 Å². The minimum Gasteiger partial charge on any atom is -0.479 e. The van der Waals surface area contributed by atoms with Gasteiger partial charge in [0.2, 0.25) is 0 Å². The van der Waals surface area contributed by atoms with Gasteiger partial charge in [0, 0.05) is 6.54 Å². The van der Waals surface area contributed by atoms with Crippen molar-refractivity contribution in [2.24, 2.45) is 5.73 Å². The zero-order chi connectivity index (χ0) is 11.5. The maximum Gasteiger partial charge on any atom is 0.332 e. The van der Waals surface area contributed by atoms with E-state index in [1.54, 1.807) is 0 Å². The van der Waals surface area contributed by atoms with E-state index >= 15 is 0 Å². The Bertz CT molecular complexity index is 165. The maximum absolute atomic E-state index is 10.3. The maximum atomic E-state index is 10.3. The van der Waals surface area contributed by atoms with Crippen LogP contribution in [0.4, 0.5) is 0 Å². The molecule has 0 aliphatic carbocycles. The van der Waals surface area contributed by atoms with Crippen LogP contribution in [0.3, 0.4) is 0 Å². The molecule has 6 nitrogen and oxygen atoms in total. The summed E-state index contributed by atoms with van der Waals surface area (Å²) in [5.74, 6) is -0.971. The molecule has 1 atom stereocenters. The number of rotatable bonds is 10. The molecule has 0 aromatic heterocycles. The zero-order valence-electron chi connectivity index (χ0n) is 8.98. The summed E-state index contributed by atoms with van der Waals surface area (Å²) in [5.41, 5.74) is 5.21. The Morgan fingerprint density at radius 1 is 1.20 bits per heavy atom. The summed E-state index contributed by atoms with van der Waals surface area (Å²) in [7, 11) is 0. The summed E-state index contributed by atoms with van der Waals surface area (Å²) >= 11 is 0. The standard InChI is InChI=1S/C9H19NO5/c1-8(9(11)12)15-7-6-14-5-4-13-3-2-10/h8H,2-7,10H2,1H3,(H,11,12)/t8-/m0/s1. The van der Waals surface area contributed by atoms with Gasteiger partial charge in [-0.05, 0) is 6.92 Å². The van der Waals surface area contributed by atoms with Crippen LogP contribution in [-0.2, 0) is 19.0 Å². The SMILES string of the molecule is C[C@H](OCCOCCOCCN)C(=O)O. The van der Waals surface area contributed by atoms with E-state index in [0.717, 1.165) is 0 Å². The first-order valence-electron chi connectivity index (χ1n) is 4.88. The van der Waals surface area contributed by atoms with Crippen LogP contribution in [0.15, 0.2) is 0 Å². The van der Waals surface area contributed by atoms with E-state index in [9.17, 15) is 4.79 Å². The number of hydrogen-bond acceptors (Lipinski definition) is 5. The number of aliphatic carboxylic acids is 1. The number of hydrogen-bond donors (Lipinski definition) is 2. The highest BCUT2D eigenvalue weighted by atomic mass is 16.6. The van der Waals surface area contributed by atoms with Crippen molar-refractivity contribution in [2.75, 3.05) is 39.6 Å². The quantitative estimate of drug-likeness (QED) is 0.482. The van der Waals surface area contributed by atoms with E-state index in [1.165, 1.54) is 6.92 Å². The van der Waals surface area contributed by atoms with Crippen LogP contribution in [0.5, 0.6) is 0 Å². The lowest BCUT2D eigenvalue weighted by atomic mass is 10.4. The molecule has 0 radical (unpaired) electrons. The fourth-order valence-electron chi connectivity index (χ4n) is 0.760. The summed E-state index contributed by atoms with van der Waals surface area (Å²) in [5, 5.41) is 8.48. The Balaban J connectivity index is 3.08. The van der Waals surface area contributed by atoms with E-state index < -0.39 is 12.1 Å². The summed E-state index contributed by atoms with van der Waals surface area (Å²) in [6.45, 7) is 4.09. The molecule has 0 aliphatic heterocycles. The predicted octanol–water partition coefficient (Wildman–Crippen LogP) is -0.532. The molecule has 0 amide bonds. The first kappa shape index (κ1) is 14.3. The number of carboxylic acid groups (broad SMARTS) is 1. The first-order chi connectivity index (χ1) is 7.18. The molecule has 0 aromatic rings. The van der Waals surface area contributed by atoms with Gasteiger partial charge in [0.25, 0.3) is 0 Å². The molecular weight excluding hydrogens is 202 g/mol. The summed E-state index contributed by atoms with van der Waals surface area (Å²) in [6, 6.07) is 0. The van der Waals surface area contributed by atoms with Crippen LogP contribution in [0.1, 0.15) is 6.92 Å². The molecule has 0 bridgehead atoms. The Kier molecular flexibility index (Phi) is 9.40. The predicted molar refractivity (Wildman–Crippen MR) is 53.7 cm³/mol. The van der Waals surface area contributed by atoms with Crippen molar-refractivity contribution in [3.8, 4) is 0 Å². The fourth-order valence-corrected chi connectivity index (χ4v) is 0.760. The molecule has 3 N–H and O–H groups in total. The molecule has 6 heteroatoms. The van der Waals surface area contributed by atoms with Crippen molar-refractivity contribution >= 4 is 5.97 Å². The average Bonchev–Trinajstić information content (AvgIpc) is 2.21. The molecule has 0 saturated heterocycles. The highest BCUT2D eigenvalue weighted by molar-refractivity contribution is 5.71. The van der Waals surface area contributed by atoms with Gasteiger partial charge in [0.05, 0.1) is 33.0 Å². The number of carbonyl (C=O) groups is 1. The minimum atomic E-state index is -0.971.